The number of nitrogens with two attached hydrogens (primary N) is 1. The first-order valence-corrected chi connectivity index (χ1v) is 11.0. The van der Waals surface area contributed by atoms with Gasteiger partial charge >= 0.3 is 5.97 Å². The third-order valence-corrected chi connectivity index (χ3v) is 5.32. The molecule has 7 nitrogen and oxygen atoms in total. The van der Waals surface area contributed by atoms with Crippen LogP contribution in [0.2, 0.25) is 5.02 Å². The van der Waals surface area contributed by atoms with Gasteiger partial charge in [-0.05, 0) is 56.2 Å². The third kappa shape index (κ3) is 5.26. The first-order valence-electron chi connectivity index (χ1n) is 10.6. The molecular weight excluding hydrogens is 463 g/mol. The van der Waals surface area contributed by atoms with Crippen LogP contribution in [0.4, 0.5) is 4.39 Å². The number of hydrogen-bond donors (Lipinski definition) is 1. The summed E-state index contributed by atoms with van der Waals surface area (Å²) in [7, 11) is 0. The molecule has 178 valence electrons. The van der Waals surface area contributed by atoms with Crippen LogP contribution in [0.5, 0.6) is 11.5 Å². The van der Waals surface area contributed by atoms with Crippen LogP contribution in [-0.4, -0.2) is 19.2 Å². The Balaban J connectivity index is 2.07. The average Bonchev–Trinajstić information content (AvgIpc) is 2.78. The molecule has 1 atom stereocenters. The number of nitriles is 1. The van der Waals surface area contributed by atoms with Crippen molar-refractivity contribution in [3.05, 3.63) is 81.2 Å². The summed E-state index contributed by atoms with van der Waals surface area (Å²) in [5.41, 5.74) is 7.22. The molecule has 0 saturated carbocycles. The quantitative estimate of drug-likeness (QED) is 0.517. The number of carbonyl (C=O) groups excluding carboxylic acids is 1. The number of nitrogens with zero attached hydrogens (tertiary/aromatic N) is 1. The molecule has 1 heterocycles. The van der Waals surface area contributed by atoms with Crippen molar-refractivity contribution in [2.75, 3.05) is 13.2 Å². The maximum Gasteiger partial charge on any atom is 0.338 e. The molecule has 0 spiro atoms. The molecule has 2 aromatic carbocycles. The second-order valence-electron chi connectivity index (χ2n) is 7.30. The smallest absolute Gasteiger partial charge is 0.338 e. The summed E-state index contributed by atoms with van der Waals surface area (Å²) in [6, 6.07) is 11.2. The highest BCUT2D eigenvalue weighted by atomic mass is 35.5. The Morgan fingerprint density at radius 1 is 1.24 bits per heavy atom. The van der Waals surface area contributed by atoms with Gasteiger partial charge in [-0.1, -0.05) is 23.7 Å². The van der Waals surface area contributed by atoms with Gasteiger partial charge in [0.1, 0.15) is 29.8 Å². The molecule has 0 radical (unpaired) electrons. The van der Waals surface area contributed by atoms with E-state index in [1.54, 1.807) is 45.0 Å². The summed E-state index contributed by atoms with van der Waals surface area (Å²) in [5.74, 6) is -1.24. The molecule has 3 rings (SSSR count). The summed E-state index contributed by atoms with van der Waals surface area (Å²) in [4.78, 5) is 12.8. The predicted octanol–water partition coefficient (Wildman–Crippen LogP) is 5.10. The van der Waals surface area contributed by atoms with Crippen LogP contribution in [0.25, 0.3) is 0 Å². The van der Waals surface area contributed by atoms with Crippen LogP contribution in [0.15, 0.2) is 59.2 Å². The highest BCUT2D eigenvalue weighted by Gasteiger charge is 2.37. The lowest BCUT2D eigenvalue weighted by molar-refractivity contribution is -0.139. The van der Waals surface area contributed by atoms with Crippen LogP contribution in [-0.2, 0) is 20.9 Å². The second kappa shape index (κ2) is 10.9. The van der Waals surface area contributed by atoms with Crippen LogP contribution in [0, 0.1) is 17.1 Å². The fourth-order valence-corrected chi connectivity index (χ4v) is 3.90. The summed E-state index contributed by atoms with van der Waals surface area (Å²) in [6.45, 7) is 5.53. The molecule has 0 fully saturated rings. The molecule has 0 bridgehead atoms. The fourth-order valence-electron chi connectivity index (χ4n) is 3.63. The van der Waals surface area contributed by atoms with E-state index in [9.17, 15) is 14.4 Å². The second-order valence-corrected chi connectivity index (χ2v) is 7.70. The largest absolute Gasteiger partial charge is 0.490 e. The monoisotopic (exact) mass is 486 g/mol. The SMILES string of the molecule is CCOC(=O)C1=C(C)OC(N)=C(C#N)C1c1cc(Cl)c(OCc2cccc(F)c2)c(OCC)c1. The molecule has 1 aliphatic heterocycles. The zero-order valence-electron chi connectivity index (χ0n) is 19.0. The topological polar surface area (TPSA) is 104 Å². The van der Waals surface area contributed by atoms with E-state index in [4.69, 9.17) is 36.3 Å². The molecule has 0 aromatic heterocycles. The van der Waals surface area contributed by atoms with E-state index >= 15 is 0 Å². The third-order valence-electron chi connectivity index (χ3n) is 5.04. The van der Waals surface area contributed by atoms with Gasteiger partial charge in [0.25, 0.3) is 0 Å². The van der Waals surface area contributed by atoms with Gasteiger partial charge in [0.05, 0.1) is 29.7 Å². The maximum absolute atomic E-state index is 13.5. The number of allylic oxidation sites excluding steroid dienone is 2. The van der Waals surface area contributed by atoms with Crippen molar-refractivity contribution in [2.45, 2.75) is 33.3 Å². The number of halogens is 2. The lowest BCUT2D eigenvalue weighted by Crippen LogP contribution is -2.25. The molecular formula is C25H24ClFN2O5. The number of esters is 1. The minimum Gasteiger partial charge on any atom is -0.490 e. The van der Waals surface area contributed by atoms with E-state index < -0.39 is 11.9 Å². The maximum atomic E-state index is 13.5. The van der Waals surface area contributed by atoms with Gasteiger partial charge in [-0.2, -0.15) is 5.26 Å². The van der Waals surface area contributed by atoms with E-state index in [-0.39, 0.29) is 52.6 Å². The standard InChI is InChI=1S/C25H24ClFN2O5/c1-4-31-20-11-16(10-19(26)23(20)33-13-15-7-6-8-17(27)9-15)22-18(12-28)24(29)34-14(3)21(22)25(30)32-5-2/h6-11,22H,4-5,13,29H2,1-3H3. The zero-order valence-corrected chi connectivity index (χ0v) is 19.7. The minimum atomic E-state index is -0.883. The molecule has 9 heteroatoms. The molecule has 1 unspecified atom stereocenters. The van der Waals surface area contributed by atoms with Crippen LogP contribution in [0.1, 0.15) is 37.8 Å². The fraction of sp³-hybridized carbons (Fsp3) is 0.280. The van der Waals surface area contributed by atoms with Crippen molar-refractivity contribution >= 4 is 17.6 Å². The summed E-state index contributed by atoms with van der Waals surface area (Å²) in [5, 5.41) is 9.96. The van der Waals surface area contributed by atoms with Gasteiger partial charge in [0.2, 0.25) is 5.88 Å². The van der Waals surface area contributed by atoms with Crippen molar-refractivity contribution < 1.29 is 28.1 Å². The lowest BCUT2D eigenvalue weighted by Gasteiger charge is -2.27. The Kier molecular flexibility index (Phi) is 8.03. The van der Waals surface area contributed by atoms with E-state index in [2.05, 4.69) is 0 Å². The van der Waals surface area contributed by atoms with Gasteiger partial charge in [-0.3, -0.25) is 0 Å². The van der Waals surface area contributed by atoms with Crippen molar-refractivity contribution in [2.24, 2.45) is 5.73 Å². The summed E-state index contributed by atoms with van der Waals surface area (Å²) < 4.78 is 35.8. The van der Waals surface area contributed by atoms with Crippen molar-refractivity contribution in [3.8, 4) is 17.6 Å². The van der Waals surface area contributed by atoms with Gasteiger partial charge < -0.3 is 24.7 Å². The lowest BCUT2D eigenvalue weighted by atomic mass is 9.83. The Morgan fingerprint density at radius 2 is 2.00 bits per heavy atom. The number of hydrogen-bond acceptors (Lipinski definition) is 7. The molecule has 0 saturated heterocycles. The van der Waals surface area contributed by atoms with Gasteiger partial charge in [0, 0.05) is 0 Å². The molecule has 0 amide bonds. The molecule has 34 heavy (non-hydrogen) atoms. The highest BCUT2D eigenvalue weighted by molar-refractivity contribution is 6.32. The normalized spacial score (nSPS) is 15.5. The minimum absolute atomic E-state index is 0.0422. The molecule has 2 N–H and O–H groups in total. The van der Waals surface area contributed by atoms with Crippen molar-refractivity contribution in [1.29, 1.82) is 5.26 Å². The molecule has 2 aromatic rings. The van der Waals surface area contributed by atoms with E-state index in [1.165, 1.54) is 12.1 Å². The van der Waals surface area contributed by atoms with Crippen molar-refractivity contribution in [1.82, 2.24) is 0 Å². The van der Waals surface area contributed by atoms with E-state index in [0.29, 0.717) is 23.5 Å². The number of ether oxygens (including phenoxy) is 4. The van der Waals surface area contributed by atoms with Crippen LogP contribution < -0.4 is 15.2 Å². The number of benzene rings is 2. The number of rotatable bonds is 8. The zero-order chi connectivity index (χ0) is 24.8. The predicted molar refractivity (Wildman–Crippen MR) is 123 cm³/mol. The van der Waals surface area contributed by atoms with E-state index in [0.717, 1.165) is 0 Å². The average molecular weight is 487 g/mol. The summed E-state index contributed by atoms with van der Waals surface area (Å²) >= 11 is 6.57. The first kappa shape index (κ1) is 24.9. The highest BCUT2D eigenvalue weighted by Crippen LogP contribution is 2.45. The number of carbonyl (C=O) groups is 1. The van der Waals surface area contributed by atoms with Gasteiger partial charge in [-0.25, -0.2) is 9.18 Å². The Hall–Kier alpha value is -3.70. The van der Waals surface area contributed by atoms with Crippen LogP contribution in [0.3, 0.4) is 0 Å². The Morgan fingerprint density at radius 3 is 2.65 bits per heavy atom. The van der Waals surface area contributed by atoms with Crippen molar-refractivity contribution in [3.63, 3.8) is 0 Å². The molecule has 1 aliphatic rings. The summed E-state index contributed by atoms with van der Waals surface area (Å²) in [6.07, 6.45) is 0. The Labute approximate surface area is 202 Å². The first-order chi connectivity index (χ1) is 16.3. The molecule has 0 aliphatic carbocycles. The van der Waals surface area contributed by atoms with Gasteiger partial charge in [-0.15, -0.1) is 0 Å². The van der Waals surface area contributed by atoms with E-state index in [1.807, 2.05) is 6.07 Å². The van der Waals surface area contributed by atoms with Gasteiger partial charge in [0.15, 0.2) is 11.5 Å². The van der Waals surface area contributed by atoms with Crippen LogP contribution >= 0.6 is 11.6 Å². The Bertz CT molecular complexity index is 1200.